The number of benzene rings is 3. The molecule has 1 N–H and O–H groups in total. The van der Waals surface area contributed by atoms with Crippen molar-refractivity contribution < 1.29 is 14.3 Å². The number of carbonyl (C=O) groups is 1. The summed E-state index contributed by atoms with van der Waals surface area (Å²) in [7, 11) is 0. The Hall–Kier alpha value is -4.04. The topological polar surface area (TPSA) is 84.1 Å². The maximum atomic E-state index is 16.0. The Balaban J connectivity index is 1.56. The molecule has 0 atom stereocenters. The van der Waals surface area contributed by atoms with Crippen LogP contribution in [-0.4, -0.2) is 49.0 Å². The Kier molecular flexibility index (Phi) is 4.53. The van der Waals surface area contributed by atoms with Gasteiger partial charge in [0.05, 0.1) is 17.3 Å². The minimum absolute atomic E-state index is 0.0126. The van der Waals surface area contributed by atoms with Gasteiger partial charge in [-0.25, -0.2) is 9.07 Å². The molecule has 1 saturated heterocycles. The Morgan fingerprint density at radius 1 is 1.21 bits per heavy atom. The molecule has 0 unspecified atom stereocenters. The number of hydrogen-bond acceptors (Lipinski definition) is 5. The number of amides is 1. The third-order valence-electron chi connectivity index (χ3n) is 6.29. The van der Waals surface area contributed by atoms with Gasteiger partial charge in [0.15, 0.2) is 5.82 Å². The maximum Gasteiger partial charge on any atom is 0.246 e. The van der Waals surface area contributed by atoms with Gasteiger partial charge in [-0.05, 0) is 40.6 Å². The summed E-state index contributed by atoms with van der Waals surface area (Å²) >= 11 is 6.66. The summed E-state index contributed by atoms with van der Waals surface area (Å²) in [6.07, 6.45) is 2.75. The van der Waals surface area contributed by atoms with E-state index in [9.17, 15) is 9.90 Å². The van der Waals surface area contributed by atoms with Crippen LogP contribution in [0.4, 0.5) is 4.39 Å². The Morgan fingerprint density at radius 2 is 2.00 bits per heavy atom. The summed E-state index contributed by atoms with van der Waals surface area (Å²) in [5, 5.41) is 20.9. The van der Waals surface area contributed by atoms with E-state index in [-0.39, 0.29) is 33.8 Å². The first-order valence-corrected chi connectivity index (χ1v) is 11.0. The molecular formula is C25H17ClFN5O2. The number of phenols is 1. The standard InChI is InChI=1S/C25H17ClFN5O2/c1-2-21(34)31-11-14(12-31)32-25-18-9-19(26)22(23(27)24(18)28-10-20(25)29-30-32)17-8-15(33)7-13-5-3-4-6-16(13)17/h2-10,14,33H,1,11-12H2. The Morgan fingerprint density at radius 3 is 2.79 bits per heavy atom. The van der Waals surface area contributed by atoms with Crippen LogP contribution in [0, 0.1) is 5.82 Å². The van der Waals surface area contributed by atoms with Crippen molar-refractivity contribution in [3.63, 3.8) is 0 Å². The SMILES string of the molecule is C=CC(=O)N1CC(n2nnc3cnc4c(F)c(-c5cc(O)cc6ccccc56)c(Cl)cc4c32)C1. The van der Waals surface area contributed by atoms with Crippen molar-refractivity contribution in [1.29, 1.82) is 0 Å². The van der Waals surface area contributed by atoms with Gasteiger partial charge in [0, 0.05) is 24.0 Å². The first kappa shape index (κ1) is 20.6. The molecule has 3 heterocycles. The van der Waals surface area contributed by atoms with Gasteiger partial charge in [0.1, 0.15) is 22.3 Å². The van der Waals surface area contributed by atoms with E-state index in [1.54, 1.807) is 21.7 Å². The van der Waals surface area contributed by atoms with Gasteiger partial charge in [0.2, 0.25) is 5.91 Å². The summed E-state index contributed by atoms with van der Waals surface area (Å²) in [4.78, 5) is 17.8. The van der Waals surface area contributed by atoms with E-state index in [2.05, 4.69) is 21.9 Å². The number of fused-ring (bicyclic) bond motifs is 4. The fourth-order valence-electron chi connectivity index (χ4n) is 4.62. The average Bonchev–Trinajstić information content (AvgIpc) is 3.22. The van der Waals surface area contributed by atoms with E-state index in [4.69, 9.17) is 11.6 Å². The molecule has 7 nitrogen and oxygen atoms in total. The zero-order valence-corrected chi connectivity index (χ0v) is 18.5. The van der Waals surface area contributed by atoms with E-state index in [1.807, 2.05) is 24.3 Å². The van der Waals surface area contributed by atoms with Crippen LogP contribution in [0.2, 0.25) is 5.02 Å². The Bertz CT molecular complexity index is 1660. The zero-order valence-electron chi connectivity index (χ0n) is 17.7. The number of aromatic hydroxyl groups is 1. The van der Waals surface area contributed by atoms with Crippen molar-refractivity contribution in [2.75, 3.05) is 13.1 Å². The van der Waals surface area contributed by atoms with Crippen LogP contribution >= 0.6 is 11.6 Å². The van der Waals surface area contributed by atoms with Gasteiger partial charge in [-0.1, -0.05) is 47.7 Å². The number of hydrogen-bond donors (Lipinski definition) is 1. The first-order chi connectivity index (χ1) is 16.5. The molecule has 0 aliphatic carbocycles. The van der Waals surface area contributed by atoms with Crippen LogP contribution in [-0.2, 0) is 4.79 Å². The number of phenolic OH excluding ortho intramolecular Hbond substituents is 1. The van der Waals surface area contributed by atoms with Crippen molar-refractivity contribution >= 4 is 50.2 Å². The molecule has 0 radical (unpaired) electrons. The minimum atomic E-state index is -0.593. The highest BCUT2D eigenvalue weighted by Gasteiger charge is 2.33. The van der Waals surface area contributed by atoms with Crippen LogP contribution in [0.15, 0.2) is 61.3 Å². The van der Waals surface area contributed by atoms with E-state index in [1.165, 1.54) is 18.3 Å². The smallest absolute Gasteiger partial charge is 0.246 e. The zero-order chi connectivity index (χ0) is 23.6. The number of carbonyl (C=O) groups excluding carboxylic acids is 1. The third-order valence-corrected chi connectivity index (χ3v) is 6.59. The van der Waals surface area contributed by atoms with Gasteiger partial charge in [-0.2, -0.15) is 0 Å². The first-order valence-electron chi connectivity index (χ1n) is 10.6. The lowest BCUT2D eigenvalue weighted by molar-refractivity contribution is -0.131. The summed E-state index contributed by atoms with van der Waals surface area (Å²) in [5.74, 6) is -0.729. The van der Waals surface area contributed by atoms with Gasteiger partial charge < -0.3 is 10.0 Å². The van der Waals surface area contributed by atoms with Crippen LogP contribution in [0.5, 0.6) is 5.75 Å². The molecule has 3 aromatic carbocycles. The lowest BCUT2D eigenvalue weighted by atomic mass is 9.96. The van der Waals surface area contributed by atoms with Crippen LogP contribution < -0.4 is 0 Å². The summed E-state index contributed by atoms with van der Waals surface area (Å²) in [6, 6.07) is 12.1. The van der Waals surface area contributed by atoms with E-state index < -0.39 is 5.82 Å². The van der Waals surface area contributed by atoms with Gasteiger partial charge >= 0.3 is 0 Å². The van der Waals surface area contributed by atoms with E-state index in [0.717, 1.165) is 10.8 Å². The maximum absolute atomic E-state index is 16.0. The van der Waals surface area contributed by atoms with Crippen LogP contribution in [0.25, 0.3) is 43.8 Å². The monoisotopic (exact) mass is 473 g/mol. The molecule has 6 rings (SSSR count). The van der Waals surface area contributed by atoms with Crippen molar-refractivity contribution in [2.45, 2.75) is 6.04 Å². The second-order valence-corrected chi connectivity index (χ2v) is 8.69. The number of halogens is 2. The minimum Gasteiger partial charge on any atom is -0.508 e. The highest BCUT2D eigenvalue weighted by Crippen LogP contribution is 2.41. The largest absolute Gasteiger partial charge is 0.508 e. The molecule has 168 valence electrons. The van der Waals surface area contributed by atoms with E-state index >= 15 is 4.39 Å². The molecule has 5 aromatic rings. The number of nitrogens with zero attached hydrogens (tertiary/aromatic N) is 5. The molecule has 9 heteroatoms. The number of pyridine rings is 1. The van der Waals surface area contributed by atoms with Crippen molar-refractivity contribution in [1.82, 2.24) is 24.9 Å². The predicted octanol–water partition coefficient (Wildman–Crippen LogP) is 4.87. The van der Waals surface area contributed by atoms with Crippen LogP contribution in [0.1, 0.15) is 6.04 Å². The lowest BCUT2D eigenvalue weighted by Gasteiger charge is -2.38. The van der Waals surface area contributed by atoms with Gasteiger partial charge in [-0.3, -0.25) is 9.78 Å². The molecule has 1 fully saturated rings. The van der Waals surface area contributed by atoms with Crippen molar-refractivity contribution in [2.24, 2.45) is 0 Å². The number of likely N-dealkylation sites (tertiary alicyclic amines) is 1. The highest BCUT2D eigenvalue weighted by molar-refractivity contribution is 6.35. The summed E-state index contributed by atoms with van der Waals surface area (Å²) < 4.78 is 17.7. The molecule has 34 heavy (non-hydrogen) atoms. The number of rotatable bonds is 3. The van der Waals surface area contributed by atoms with E-state index in [0.29, 0.717) is 35.1 Å². The summed E-state index contributed by atoms with van der Waals surface area (Å²) in [5.41, 5.74) is 1.88. The molecule has 0 spiro atoms. The molecule has 2 aromatic heterocycles. The van der Waals surface area contributed by atoms with Crippen LogP contribution in [0.3, 0.4) is 0 Å². The van der Waals surface area contributed by atoms with Gasteiger partial charge in [-0.15, -0.1) is 5.10 Å². The number of aromatic nitrogens is 4. The third kappa shape index (κ3) is 2.95. The van der Waals surface area contributed by atoms with Gasteiger partial charge in [0.25, 0.3) is 0 Å². The molecule has 1 aliphatic heterocycles. The molecule has 1 aliphatic rings. The molecule has 0 saturated carbocycles. The lowest BCUT2D eigenvalue weighted by Crippen LogP contribution is -2.50. The quantitative estimate of drug-likeness (QED) is 0.378. The second kappa shape index (κ2) is 7.50. The normalized spacial score (nSPS) is 14.1. The Labute approximate surface area is 197 Å². The fraction of sp³-hybridized carbons (Fsp3) is 0.120. The fourth-order valence-corrected chi connectivity index (χ4v) is 4.91. The highest BCUT2D eigenvalue weighted by atomic mass is 35.5. The molecule has 1 amide bonds. The molecular weight excluding hydrogens is 457 g/mol. The summed E-state index contributed by atoms with van der Waals surface area (Å²) in [6.45, 7) is 4.42. The van der Waals surface area contributed by atoms with Crippen molar-refractivity contribution in [3.05, 3.63) is 72.2 Å². The second-order valence-electron chi connectivity index (χ2n) is 8.29. The predicted molar refractivity (Wildman–Crippen MR) is 128 cm³/mol. The average molecular weight is 474 g/mol. The molecule has 0 bridgehead atoms. The van der Waals surface area contributed by atoms with Crippen molar-refractivity contribution in [3.8, 4) is 16.9 Å².